The number of methoxy groups -OCH3 is 1. The Hall–Kier alpha value is -2.41. The average molecular weight is 351 g/mol. The van der Waals surface area contributed by atoms with Crippen LogP contribution in [0, 0.1) is 5.82 Å². The first kappa shape index (κ1) is 16.4. The molecular weight excluding hydrogens is 335 g/mol. The normalized spacial score (nSPS) is 14.6. The van der Waals surface area contributed by atoms with Crippen molar-refractivity contribution in [3.05, 3.63) is 46.7 Å². The van der Waals surface area contributed by atoms with Crippen LogP contribution in [-0.2, 0) is 0 Å². The summed E-state index contributed by atoms with van der Waals surface area (Å²) in [4.78, 5) is 16.1. The fraction of sp³-hybridized carbons (Fsp3) is 0.312. The van der Waals surface area contributed by atoms with Gasteiger partial charge in [-0.15, -0.1) is 10.2 Å². The Balaban J connectivity index is 1.67. The standard InChI is InChI=1S/C16H16ClFN4O2/c1-24-14-6-5-13(19-20-14)21-7-9-22(10-8-21)16(23)15-11(17)3-2-4-12(15)18/h2-6H,7-10H2,1H3. The zero-order valence-corrected chi connectivity index (χ0v) is 13.8. The third-order valence-corrected chi connectivity index (χ3v) is 4.22. The molecule has 0 radical (unpaired) electrons. The topological polar surface area (TPSA) is 58.6 Å². The van der Waals surface area contributed by atoms with Crippen LogP contribution in [0.4, 0.5) is 10.2 Å². The van der Waals surface area contributed by atoms with Gasteiger partial charge < -0.3 is 14.5 Å². The third-order valence-electron chi connectivity index (χ3n) is 3.90. The first-order chi connectivity index (χ1) is 11.6. The van der Waals surface area contributed by atoms with E-state index in [0.29, 0.717) is 37.9 Å². The van der Waals surface area contributed by atoms with Gasteiger partial charge in [-0.25, -0.2) is 4.39 Å². The monoisotopic (exact) mass is 350 g/mol. The molecule has 1 fully saturated rings. The maximum absolute atomic E-state index is 13.9. The third kappa shape index (κ3) is 3.26. The molecule has 0 atom stereocenters. The zero-order valence-electron chi connectivity index (χ0n) is 13.1. The first-order valence-corrected chi connectivity index (χ1v) is 7.84. The molecule has 6 nitrogen and oxygen atoms in total. The molecule has 0 spiro atoms. The molecule has 1 saturated heterocycles. The van der Waals surface area contributed by atoms with Gasteiger partial charge in [-0.3, -0.25) is 4.79 Å². The number of aromatic nitrogens is 2. The zero-order chi connectivity index (χ0) is 17.1. The van der Waals surface area contributed by atoms with Gasteiger partial charge in [0, 0.05) is 32.2 Å². The fourth-order valence-electron chi connectivity index (χ4n) is 2.59. The molecule has 2 aromatic rings. The summed E-state index contributed by atoms with van der Waals surface area (Å²) in [6.45, 7) is 2.08. The number of amides is 1. The summed E-state index contributed by atoms with van der Waals surface area (Å²) in [5.41, 5.74) is -0.0724. The van der Waals surface area contributed by atoms with Gasteiger partial charge in [0.25, 0.3) is 5.91 Å². The quantitative estimate of drug-likeness (QED) is 0.849. The molecule has 3 rings (SSSR count). The van der Waals surface area contributed by atoms with E-state index < -0.39 is 11.7 Å². The molecule has 8 heteroatoms. The number of nitrogens with zero attached hydrogens (tertiary/aromatic N) is 4. The predicted octanol–water partition coefficient (Wildman–Crippen LogP) is 2.24. The Morgan fingerprint density at radius 1 is 1.17 bits per heavy atom. The first-order valence-electron chi connectivity index (χ1n) is 7.46. The van der Waals surface area contributed by atoms with Gasteiger partial charge in [-0.05, 0) is 18.2 Å². The largest absolute Gasteiger partial charge is 0.480 e. The Kier molecular flexibility index (Phi) is 4.80. The van der Waals surface area contributed by atoms with Gasteiger partial charge in [0.15, 0.2) is 5.82 Å². The molecule has 0 saturated carbocycles. The summed E-state index contributed by atoms with van der Waals surface area (Å²) in [5.74, 6) is 0.170. The minimum atomic E-state index is -0.601. The summed E-state index contributed by atoms with van der Waals surface area (Å²) in [7, 11) is 1.53. The lowest BCUT2D eigenvalue weighted by Crippen LogP contribution is -2.49. The van der Waals surface area contributed by atoms with Crippen LogP contribution in [0.25, 0.3) is 0 Å². The minimum Gasteiger partial charge on any atom is -0.480 e. The molecule has 1 aromatic carbocycles. The number of halogens is 2. The van der Waals surface area contributed by atoms with Crippen molar-refractivity contribution >= 4 is 23.3 Å². The van der Waals surface area contributed by atoms with Gasteiger partial charge >= 0.3 is 0 Å². The molecular formula is C16H16ClFN4O2. The van der Waals surface area contributed by atoms with Crippen molar-refractivity contribution in [1.82, 2.24) is 15.1 Å². The van der Waals surface area contributed by atoms with Gasteiger partial charge in [0.1, 0.15) is 5.82 Å². The number of carbonyl (C=O) groups excluding carboxylic acids is 1. The SMILES string of the molecule is COc1ccc(N2CCN(C(=O)c3c(F)cccc3Cl)CC2)nn1. The van der Waals surface area contributed by atoms with E-state index in [1.54, 1.807) is 11.0 Å². The van der Waals surface area contributed by atoms with Gasteiger partial charge in [-0.2, -0.15) is 0 Å². The van der Waals surface area contributed by atoms with E-state index in [2.05, 4.69) is 10.2 Å². The summed E-state index contributed by atoms with van der Waals surface area (Å²) in [6.07, 6.45) is 0. The lowest BCUT2D eigenvalue weighted by Gasteiger charge is -2.35. The van der Waals surface area contributed by atoms with Gasteiger partial charge in [-0.1, -0.05) is 17.7 Å². The van der Waals surface area contributed by atoms with Crippen molar-refractivity contribution in [2.24, 2.45) is 0 Å². The highest BCUT2D eigenvalue weighted by atomic mass is 35.5. The van der Waals surface area contributed by atoms with Crippen molar-refractivity contribution in [2.45, 2.75) is 0 Å². The molecule has 1 aliphatic heterocycles. The number of benzene rings is 1. The van der Waals surface area contributed by atoms with Gasteiger partial charge in [0.05, 0.1) is 17.7 Å². The second-order valence-electron chi connectivity index (χ2n) is 5.31. The van der Waals surface area contributed by atoms with Crippen LogP contribution in [-0.4, -0.2) is 54.3 Å². The summed E-state index contributed by atoms with van der Waals surface area (Å²) in [6, 6.07) is 7.79. The van der Waals surface area contributed by atoms with Crippen molar-refractivity contribution in [3.63, 3.8) is 0 Å². The van der Waals surface area contributed by atoms with Crippen LogP contribution in [0.5, 0.6) is 5.88 Å². The Morgan fingerprint density at radius 2 is 1.92 bits per heavy atom. The minimum absolute atomic E-state index is 0.0724. The summed E-state index contributed by atoms with van der Waals surface area (Å²) >= 11 is 5.97. The van der Waals surface area contributed by atoms with Gasteiger partial charge in [0.2, 0.25) is 5.88 Å². The highest BCUT2D eigenvalue weighted by molar-refractivity contribution is 6.33. The molecule has 1 aliphatic rings. The van der Waals surface area contributed by atoms with E-state index in [0.717, 1.165) is 0 Å². The van der Waals surface area contributed by atoms with Crippen molar-refractivity contribution in [2.75, 3.05) is 38.2 Å². The Labute approximate surface area is 143 Å². The second kappa shape index (κ2) is 7.00. The molecule has 0 N–H and O–H groups in total. The van der Waals surface area contributed by atoms with Crippen molar-refractivity contribution in [3.8, 4) is 5.88 Å². The maximum Gasteiger partial charge on any atom is 0.258 e. The number of hydrogen-bond acceptors (Lipinski definition) is 5. The highest BCUT2D eigenvalue weighted by Crippen LogP contribution is 2.22. The number of hydrogen-bond donors (Lipinski definition) is 0. The van der Waals surface area contributed by atoms with E-state index in [4.69, 9.17) is 16.3 Å². The number of carbonyl (C=O) groups is 1. The average Bonchev–Trinajstić information content (AvgIpc) is 2.62. The van der Waals surface area contributed by atoms with Crippen molar-refractivity contribution < 1.29 is 13.9 Å². The molecule has 126 valence electrons. The van der Waals surface area contributed by atoms with E-state index in [-0.39, 0.29) is 10.6 Å². The molecule has 1 aromatic heterocycles. The molecule has 1 amide bonds. The Bertz CT molecular complexity index is 713. The lowest BCUT2D eigenvalue weighted by molar-refractivity contribution is 0.0742. The fourth-order valence-corrected chi connectivity index (χ4v) is 2.83. The highest BCUT2D eigenvalue weighted by Gasteiger charge is 2.26. The number of anilines is 1. The number of ether oxygens (including phenoxy) is 1. The predicted molar refractivity (Wildman–Crippen MR) is 88.1 cm³/mol. The Morgan fingerprint density at radius 3 is 2.50 bits per heavy atom. The molecule has 24 heavy (non-hydrogen) atoms. The number of piperazine rings is 1. The van der Waals surface area contributed by atoms with E-state index >= 15 is 0 Å². The summed E-state index contributed by atoms with van der Waals surface area (Å²) in [5, 5.41) is 8.16. The maximum atomic E-state index is 13.9. The molecule has 2 heterocycles. The van der Waals surface area contributed by atoms with Crippen LogP contribution < -0.4 is 9.64 Å². The van der Waals surface area contributed by atoms with E-state index in [9.17, 15) is 9.18 Å². The van der Waals surface area contributed by atoms with E-state index in [1.165, 1.54) is 25.3 Å². The number of rotatable bonds is 3. The van der Waals surface area contributed by atoms with Crippen LogP contribution in [0.1, 0.15) is 10.4 Å². The van der Waals surface area contributed by atoms with Crippen LogP contribution in [0.2, 0.25) is 5.02 Å². The molecule has 0 unspecified atom stereocenters. The van der Waals surface area contributed by atoms with Crippen LogP contribution in [0.15, 0.2) is 30.3 Å². The summed E-state index contributed by atoms with van der Waals surface area (Å²) < 4.78 is 18.9. The van der Waals surface area contributed by atoms with Crippen molar-refractivity contribution in [1.29, 1.82) is 0 Å². The lowest BCUT2D eigenvalue weighted by atomic mass is 10.1. The molecule has 0 aliphatic carbocycles. The van der Waals surface area contributed by atoms with Crippen LogP contribution in [0.3, 0.4) is 0 Å². The van der Waals surface area contributed by atoms with E-state index in [1.807, 2.05) is 11.0 Å². The smallest absolute Gasteiger partial charge is 0.258 e. The van der Waals surface area contributed by atoms with Crippen LogP contribution >= 0.6 is 11.6 Å². The second-order valence-corrected chi connectivity index (χ2v) is 5.72. The molecule has 0 bridgehead atoms.